The van der Waals surface area contributed by atoms with Crippen LogP contribution in [0.3, 0.4) is 0 Å². The van der Waals surface area contributed by atoms with Crippen LogP contribution in [0.2, 0.25) is 0 Å². The highest BCUT2D eigenvalue weighted by atomic mass is 16.5. The number of esters is 1. The van der Waals surface area contributed by atoms with Crippen molar-refractivity contribution in [2.24, 2.45) is 58.2 Å². The van der Waals surface area contributed by atoms with Crippen LogP contribution in [0.4, 0.5) is 0 Å². The second-order valence-electron chi connectivity index (χ2n) is 13.7. The summed E-state index contributed by atoms with van der Waals surface area (Å²) in [6, 6.07) is 0. The third kappa shape index (κ3) is 4.31. The van der Waals surface area contributed by atoms with Crippen LogP contribution >= 0.6 is 0 Å². The Morgan fingerprint density at radius 3 is 2.25 bits per heavy atom. The minimum absolute atomic E-state index is 0.0883. The Hall–Kier alpha value is -0.530. The molecule has 184 valence electrons. The van der Waals surface area contributed by atoms with Crippen molar-refractivity contribution < 1.29 is 9.53 Å². The predicted octanol–water partition coefficient (Wildman–Crippen LogP) is 8.29. The first-order chi connectivity index (χ1) is 15.1. The molecule has 0 radical (unpaired) electrons. The number of hydrogen-bond donors (Lipinski definition) is 0. The lowest BCUT2D eigenvalue weighted by molar-refractivity contribution is -0.160. The van der Waals surface area contributed by atoms with Gasteiger partial charge in [0, 0.05) is 6.92 Å². The lowest BCUT2D eigenvalue weighted by Gasteiger charge is -2.61. The highest BCUT2D eigenvalue weighted by Crippen LogP contribution is 2.68. The fourth-order valence-electron chi connectivity index (χ4n) is 9.60. The Labute approximate surface area is 199 Å². The molecule has 0 aromatic carbocycles. The van der Waals surface area contributed by atoms with E-state index in [0.717, 1.165) is 60.2 Å². The Morgan fingerprint density at radius 1 is 0.875 bits per heavy atom. The molecule has 2 heteroatoms. The van der Waals surface area contributed by atoms with Crippen LogP contribution in [0.25, 0.3) is 0 Å². The van der Waals surface area contributed by atoms with Gasteiger partial charge >= 0.3 is 5.97 Å². The third-order valence-electron chi connectivity index (χ3n) is 11.9. The highest BCUT2D eigenvalue weighted by Gasteiger charge is 2.60. The van der Waals surface area contributed by atoms with E-state index in [4.69, 9.17) is 4.74 Å². The summed E-state index contributed by atoms with van der Waals surface area (Å²) >= 11 is 0. The molecule has 0 amide bonds. The Balaban J connectivity index is 1.43. The summed E-state index contributed by atoms with van der Waals surface area (Å²) in [6.45, 7) is 16.7. The Kier molecular flexibility index (Phi) is 7.11. The zero-order chi connectivity index (χ0) is 23.3. The number of fused-ring (bicyclic) bond motifs is 5. The standard InChI is InChI=1S/C30H52O2/c1-19(2)20(3)8-9-21(4)26-12-13-27-25-11-10-23-18-24(32-22(5)31)14-16-29(23,6)28(25)15-17-30(26,27)7/h19-21,23-28H,8-18H2,1-7H3/t20-,21+,23-,24+,25+,26+,27-,28-,29+,30-/m0/s1. The van der Waals surface area contributed by atoms with Gasteiger partial charge in [-0.2, -0.15) is 0 Å². The molecular formula is C30H52O2. The zero-order valence-corrected chi connectivity index (χ0v) is 22.3. The summed E-state index contributed by atoms with van der Waals surface area (Å²) in [5.74, 6) is 6.99. The van der Waals surface area contributed by atoms with Gasteiger partial charge in [0.1, 0.15) is 6.10 Å². The molecule has 4 rings (SSSR count). The van der Waals surface area contributed by atoms with E-state index in [-0.39, 0.29) is 12.1 Å². The fourth-order valence-corrected chi connectivity index (χ4v) is 9.60. The second-order valence-corrected chi connectivity index (χ2v) is 13.7. The maximum atomic E-state index is 11.5. The van der Waals surface area contributed by atoms with Crippen molar-refractivity contribution in [3.8, 4) is 0 Å². The largest absolute Gasteiger partial charge is 0.463 e. The summed E-state index contributed by atoms with van der Waals surface area (Å²) in [5.41, 5.74) is 1.07. The normalized spacial score (nSPS) is 45.5. The van der Waals surface area contributed by atoms with Crippen molar-refractivity contribution in [1.29, 1.82) is 0 Å². The van der Waals surface area contributed by atoms with Gasteiger partial charge in [0.2, 0.25) is 0 Å². The SMILES string of the molecule is CC(=O)O[C@@H]1CC[C@]2(C)[C@@H](CC[C@@H]3[C@@H]4CC[C@H]([C@H](C)CC[C@H](C)C(C)C)[C@]4(C)CC[C@@H]32)C1. The van der Waals surface area contributed by atoms with Crippen LogP contribution in [0.15, 0.2) is 0 Å². The molecule has 4 aliphatic rings. The van der Waals surface area contributed by atoms with Gasteiger partial charge in [0.05, 0.1) is 0 Å². The quantitative estimate of drug-likeness (QED) is 0.385. The van der Waals surface area contributed by atoms with Gasteiger partial charge < -0.3 is 4.74 Å². The van der Waals surface area contributed by atoms with Crippen LogP contribution in [-0.2, 0) is 9.53 Å². The van der Waals surface area contributed by atoms with Crippen molar-refractivity contribution >= 4 is 5.97 Å². The van der Waals surface area contributed by atoms with Crippen molar-refractivity contribution in [3.05, 3.63) is 0 Å². The maximum Gasteiger partial charge on any atom is 0.302 e. The van der Waals surface area contributed by atoms with Crippen LogP contribution in [0.1, 0.15) is 119 Å². The smallest absolute Gasteiger partial charge is 0.302 e. The summed E-state index contributed by atoms with van der Waals surface area (Å²) < 4.78 is 5.66. The molecule has 0 aliphatic heterocycles. The zero-order valence-electron chi connectivity index (χ0n) is 22.3. The number of hydrogen-bond acceptors (Lipinski definition) is 2. The van der Waals surface area contributed by atoms with Crippen LogP contribution in [0, 0.1) is 58.2 Å². The minimum Gasteiger partial charge on any atom is -0.463 e. The summed E-state index contributed by atoms with van der Waals surface area (Å²) in [4.78, 5) is 11.5. The molecule has 0 spiro atoms. The first kappa shape index (κ1) is 24.6. The van der Waals surface area contributed by atoms with Crippen LogP contribution in [-0.4, -0.2) is 12.1 Å². The van der Waals surface area contributed by atoms with E-state index in [1.807, 2.05) is 0 Å². The van der Waals surface area contributed by atoms with E-state index in [1.54, 1.807) is 6.92 Å². The molecule has 10 atom stereocenters. The number of carbonyl (C=O) groups is 1. The van der Waals surface area contributed by atoms with Gasteiger partial charge in [-0.15, -0.1) is 0 Å². The minimum atomic E-state index is -0.0883. The van der Waals surface area contributed by atoms with Gasteiger partial charge in [-0.05, 0) is 116 Å². The van der Waals surface area contributed by atoms with Crippen molar-refractivity contribution in [1.82, 2.24) is 0 Å². The van der Waals surface area contributed by atoms with Gasteiger partial charge in [-0.1, -0.05) is 54.4 Å². The fraction of sp³-hybridized carbons (Fsp3) is 0.967. The molecule has 0 bridgehead atoms. The lowest BCUT2D eigenvalue weighted by Crippen LogP contribution is -2.54. The van der Waals surface area contributed by atoms with Crippen molar-refractivity contribution in [3.63, 3.8) is 0 Å². The number of ether oxygens (including phenoxy) is 1. The Morgan fingerprint density at radius 2 is 1.56 bits per heavy atom. The average Bonchev–Trinajstić information content (AvgIpc) is 3.08. The molecule has 32 heavy (non-hydrogen) atoms. The monoisotopic (exact) mass is 444 g/mol. The Bertz CT molecular complexity index is 670. The molecule has 0 heterocycles. The van der Waals surface area contributed by atoms with Gasteiger partial charge in [-0.3, -0.25) is 4.79 Å². The van der Waals surface area contributed by atoms with E-state index in [0.29, 0.717) is 10.8 Å². The van der Waals surface area contributed by atoms with Crippen LogP contribution < -0.4 is 0 Å². The number of rotatable bonds is 6. The molecule has 0 unspecified atom stereocenters. The molecule has 4 fully saturated rings. The maximum absolute atomic E-state index is 11.5. The molecule has 0 N–H and O–H groups in total. The van der Waals surface area contributed by atoms with E-state index in [1.165, 1.54) is 57.8 Å². The van der Waals surface area contributed by atoms with E-state index in [2.05, 4.69) is 41.5 Å². The summed E-state index contributed by atoms with van der Waals surface area (Å²) in [5, 5.41) is 0. The molecule has 0 saturated heterocycles. The van der Waals surface area contributed by atoms with Crippen molar-refractivity contribution in [2.75, 3.05) is 0 Å². The van der Waals surface area contributed by atoms with Gasteiger partial charge in [-0.25, -0.2) is 0 Å². The van der Waals surface area contributed by atoms with E-state index in [9.17, 15) is 4.79 Å². The highest BCUT2D eigenvalue weighted by molar-refractivity contribution is 5.66. The van der Waals surface area contributed by atoms with Crippen LogP contribution in [0.5, 0.6) is 0 Å². The molecular weight excluding hydrogens is 392 g/mol. The average molecular weight is 445 g/mol. The third-order valence-corrected chi connectivity index (χ3v) is 11.9. The summed E-state index contributed by atoms with van der Waals surface area (Å²) in [6.07, 6.45) is 15.2. The van der Waals surface area contributed by atoms with Crippen molar-refractivity contribution in [2.45, 2.75) is 125 Å². The first-order valence-corrected chi connectivity index (χ1v) is 14.2. The molecule has 2 nitrogen and oxygen atoms in total. The molecule has 0 aromatic rings. The summed E-state index contributed by atoms with van der Waals surface area (Å²) in [7, 11) is 0. The second kappa shape index (κ2) is 9.26. The molecule has 4 aliphatic carbocycles. The predicted molar refractivity (Wildman–Crippen MR) is 133 cm³/mol. The van der Waals surface area contributed by atoms with E-state index < -0.39 is 0 Å². The topological polar surface area (TPSA) is 26.3 Å². The molecule has 0 aromatic heterocycles. The number of carbonyl (C=O) groups excluding carboxylic acids is 1. The first-order valence-electron chi connectivity index (χ1n) is 14.2. The molecule has 4 saturated carbocycles. The van der Waals surface area contributed by atoms with E-state index >= 15 is 0 Å². The lowest BCUT2D eigenvalue weighted by atomic mass is 9.44. The van der Waals surface area contributed by atoms with Gasteiger partial charge in [0.25, 0.3) is 0 Å². The van der Waals surface area contributed by atoms with Gasteiger partial charge in [0.15, 0.2) is 0 Å².